The van der Waals surface area contributed by atoms with Crippen molar-refractivity contribution < 1.29 is 0 Å². The first kappa shape index (κ1) is 13.2. The number of nitrogens with zero attached hydrogens (tertiary/aromatic N) is 4. The summed E-state index contributed by atoms with van der Waals surface area (Å²) in [5.41, 5.74) is 7.93. The van der Waals surface area contributed by atoms with Crippen molar-refractivity contribution in [1.29, 1.82) is 0 Å². The summed E-state index contributed by atoms with van der Waals surface area (Å²) in [4.78, 5) is 13.6. The van der Waals surface area contributed by atoms with Crippen LogP contribution in [0.15, 0.2) is 23.7 Å². The quantitative estimate of drug-likeness (QED) is 0.936. The standard InChI is InChI=1S/C14H19N5S/c1-2-11-10-20-14(17-11)19-8-6-18(7-9-19)13-12(15)4-3-5-16-13/h3-5,10H,2,6-9,15H2,1H3. The van der Waals surface area contributed by atoms with Gasteiger partial charge in [0.1, 0.15) is 0 Å². The van der Waals surface area contributed by atoms with Gasteiger partial charge in [0.15, 0.2) is 10.9 Å². The molecule has 0 spiro atoms. The lowest BCUT2D eigenvalue weighted by Gasteiger charge is -2.35. The summed E-state index contributed by atoms with van der Waals surface area (Å²) in [6.07, 6.45) is 2.80. The number of anilines is 3. The maximum atomic E-state index is 5.99. The van der Waals surface area contributed by atoms with Gasteiger partial charge in [-0.15, -0.1) is 11.3 Å². The third-order valence-corrected chi connectivity index (χ3v) is 4.52. The van der Waals surface area contributed by atoms with E-state index in [0.717, 1.165) is 49.2 Å². The lowest BCUT2D eigenvalue weighted by atomic mass is 10.3. The monoisotopic (exact) mass is 289 g/mol. The van der Waals surface area contributed by atoms with Crippen molar-refractivity contribution in [3.05, 3.63) is 29.4 Å². The molecule has 0 bridgehead atoms. The Balaban J connectivity index is 1.66. The van der Waals surface area contributed by atoms with E-state index in [1.807, 2.05) is 12.1 Å². The maximum absolute atomic E-state index is 5.99. The molecule has 5 nitrogen and oxygen atoms in total. The molecule has 0 atom stereocenters. The minimum atomic E-state index is 0.753. The highest BCUT2D eigenvalue weighted by atomic mass is 32.1. The zero-order valence-corrected chi connectivity index (χ0v) is 12.4. The molecule has 1 aliphatic heterocycles. The second kappa shape index (κ2) is 5.66. The first-order chi connectivity index (χ1) is 9.78. The van der Waals surface area contributed by atoms with Crippen molar-refractivity contribution in [2.45, 2.75) is 13.3 Å². The van der Waals surface area contributed by atoms with Gasteiger partial charge in [-0.2, -0.15) is 0 Å². The van der Waals surface area contributed by atoms with E-state index in [2.05, 4.69) is 32.1 Å². The Morgan fingerprint density at radius 2 is 2.00 bits per heavy atom. The Morgan fingerprint density at radius 3 is 2.65 bits per heavy atom. The van der Waals surface area contributed by atoms with Crippen molar-refractivity contribution in [3.8, 4) is 0 Å². The van der Waals surface area contributed by atoms with E-state index in [1.165, 1.54) is 5.69 Å². The summed E-state index contributed by atoms with van der Waals surface area (Å²) in [5, 5.41) is 3.29. The van der Waals surface area contributed by atoms with Crippen LogP contribution < -0.4 is 15.5 Å². The number of aromatic nitrogens is 2. The molecule has 2 aromatic heterocycles. The molecule has 6 heteroatoms. The Morgan fingerprint density at radius 1 is 1.25 bits per heavy atom. The summed E-state index contributed by atoms with van der Waals surface area (Å²) in [5.74, 6) is 0.903. The van der Waals surface area contributed by atoms with Gasteiger partial charge in [0.05, 0.1) is 11.4 Å². The van der Waals surface area contributed by atoms with E-state index in [9.17, 15) is 0 Å². The van der Waals surface area contributed by atoms with Crippen molar-refractivity contribution in [2.75, 3.05) is 41.7 Å². The molecular formula is C14H19N5S. The van der Waals surface area contributed by atoms with E-state index in [4.69, 9.17) is 5.73 Å². The lowest BCUT2D eigenvalue weighted by molar-refractivity contribution is 0.646. The Kier molecular flexibility index (Phi) is 3.73. The third kappa shape index (κ3) is 2.56. The lowest BCUT2D eigenvalue weighted by Crippen LogP contribution is -2.47. The van der Waals surface area contributed by atoms with Gasteiger partial charge in [-0.3, -0.25) is 0 Å². The van der Waals surface area contributed by atoms with Crippen LogP contribution in [0.3, 0.4) is 0 Å². The maximum Gasteiger partial charge on any atom is 0.185 e. The van der Waals surface area contributed by atoms with Crippen LogP contribution >= 0.6 is 11.3 Å². The molecule has 20 heavy (non-hydrogen) atoms. The zero-order valence-electron chi connectivity index (χ0n) is 11.6. The minimum Gasteiger partial charge on any atom is -0.396 e. The molecule has 1 fully saturated rings. The predicted molar refractivity (Wildman–Crippen MR) is 84.6 cm³/mol. The average Bonchev–Trinajstić information content (AvgIpc) is 2.97. The molecule has 1 aliphatic rings. The van der Waals surface area contributed by atoms with Crippen molar-refractivity contribution in [3.63, 3.8) is 0 Å². The van der Waals surface area contributed by atoms with Crippen LogP contribution in [0.4, 0.5) is 16.6 Å². The number of piperazine rings is 1. The number of nitrogen functional groups attached to an aromatic ring is 1. The molecular weight excluding hydrogens is 270 g/mol. The predicted octanol–water partition coefficient (Wildman–Crippen LogP) is 2.01. The normalized spacial score (nSPS) is 15.7. The fourth-order valence-electron chi connectivity index (χ4n) is 2.39. The molecule has 0 unspecified atom stereocenters. The number of hydrogen-bond acceptors (Lipinski definition) is 6. The fraction of sp³-hybridized carbons (Fsp3) is 0.429. The van der Waals surface area contributed by atoms with Gasteiger partial charge in [0, 0.05) is 37.8 Å². The number of pyridine rings is 1. The highest BCUT2D eigenvalue weighted by molar-refractivity contribution is 7.13. The van der Waals surface area contributed by atoms with Crippen molar-refractivity contribution >= 4 is 28.0 Å². The molecule has 0 radical (unpaired) electrons. The largest absolute Gasteiger partial charge is 0.396 e. The summed E-state index contributed by atoms with van der Waals surface area (Å²) in [7, 11) is 0. The number of rotatable bonds is 3. The van der Waals surface area contributed by atoms with Crippen molar-refractivity contribution in [2.24, 2.45) is 0 Å². The van der Waals surface area contributed by atoms with Gasteiger partial charge in [-0.1, -0.05) is 6.92 Å². The topological polar surface area (TPSA) is 58.3 Å². The van der Waals surface area contributed by atoms with Crippen LogP contribution in [-0.2, 0) is 6.42 Å². The second-order valence-corrected chi connectivity index (χ2v) is 5.70. The van der Waals surface area contributed by atoms with Gasteiger partial charge in [-0.05, 0) is 18.6 Å². The molecule has 0 aliphatic carbocycles. The van der Waals surface area contributed by atoms with Crippen molar-refractivity contribution in [1.82, 2.24) is 9.97 Å². The van der Waals surface area contributed by atoms with Crippen LogP contribution in [0.1, 0.15) is 12.6 Å². The Labute approximate surface area is 123 Å². The molecule has 0 aromatic carbocycles. The van der Waals surface area contributed by atoms with Gasteiger partial charge in [0.25, 0.3) is 0 Å². The molecule has 0 amide bonds. The average molecular weight is 289 g/mol. The van der Waals surface area contributed by atoms with Gasteiger partial charge in [0.2, 0.25) is 0 Å². The first-order valence-corrected chi connectivity index (χ1v) is 7.80. The van der Waals surface area contributed by atoms with Gasteiger partial charge >= 0.3 is 0 Å². The fourth-order valence-corrected chi connectivity index (χ4v) is 3.35. The second-order valence-electron chi connectivity index (χ2n) is 4.87. The summed E-state index contributed by atoms with van der Waals surface area (Å²) in [6.45, 7) is 5.94. The molecule has 3 rings (SSSR count). The van der Waals surface area contributed by atoms with Gasteiger partial charge < -0.3 is 15.5 Å². The van der Waals surface area contributed by atoms with Crippen LogP contribution in [0, 0.1) is 0 Å². The molecule has 106 valence electrons. The number of nitrogens with two attached hydrogens (primary N) is 1. The highest BCUT2D eigenvalue weighted by Crippen LogP contribution is 2.25. The van der Waals surface area contributed by atoms with E-state index in [1.54, 1.807) is 17.5 Å². The van der Waals surface area contributed by atoms with Crippen LogP contribution in [-0.4, -0.2) is 36.1 Å². The molecule has 2 aromatic rings. The van der Waals surface area contributed by atoms with E-state index in [0.29, 0.717) is 0 Å². The summed E-state index contributed by atoms with van der Waals surface area (Å²) < 4.78 is 0. The summed E-state index contributed by atoms with van der Waals surface area (Å²) >= 11 is 1.74. The SMILES string of the molecule is CCc1csc(N2CCN(c3ncccc3N)CC2)n1. The highest BCUT2D eigenvalue weighted by Gasteiger charge is 2.21. The zero-order chi connectivity index (χ0) is 13.9. The van der Waals surface area contributed by atoms with E-state index < -0.39 is 0 Å². The number of thiazole rings is 1. The molecule has 1 saturated heterocycles. The Bertz CT molecular complexity index is 574. The smallest absolute Gasteiger partial charge is 0.185 e. The minimum absolute atomic E-state index is 0.753. The Hall–Kier alpha value is -1.82. The molecule has 3 heterocycles. The number of aryl methyl sites for hydroxylation is 1. The summed E-state index contributed by atoms with van der Waals surface area (Å²) in [6, 6.07) is 3.78. The van der Waals surface area contributed by atoms with Crippen LogP contribution in [0.2, 0.25) is 0 Å². The van der Waals surface area contributed by atoms with E-state index >= 15 is 0 Å². The van der Waals surface area contributed by atoms with E-state index in [-0.39, 0.29) is 0 Å². The third-order valence-electron chi connectivity index (χ3n) is 3.57. The van der Waals surface area contributed by atoms with Gasteiger partial charge in [-0.25, -0.2) is 9.97 Å². The van der Waals surface area contributed by atoms with Crippen LogP contribution in [0.25, 0.3) is 0 Å². The molecule has 0 saturated carbocycles. The first-order valence-electron chi connectivity index (χ1n) is 6.92. The molecule has 2 N–H and O–H groups in total. The number of hydrogen-bond donors (Lipinski definition) is 1. The van der Waals surface area contributed by atoms with Crippen LogP contribution in [0.5, 0.6) is 0 Å².